The summed E-state index contributed by atoms with van der Waals surface area (Å²) < 4.78 is 5.50. The molecule has 3 aliphatic rings. The average Bonchev–Trinajstić information content (AvgIpc) is 2.84. The van der Waals surface area contributed by atoms with E-state index in [1.807, 2.05) is 0 Å². The van der Waals surface area contributed by atoms with E-state index in [4.69, 9.17) is 11.2 Å². The predicted molar refractivity (Wildman–Crippen MR) is 69.4 cm³/mol. The number of aliphatic hydroxyl groups excluding tert-OH is 1. The van der Waals surface area contributed by atoms with Crippen LogP contribution in [0.2, 0.25) is 0 Å². The summed E-state index contributed by atoms with van der Waals surface area (Å²) in [4.78, 5) is 28.1. The molecule has 0 aliphatic carbocycles. The first-order chi connectivity index (χ1) is 9.61. The summed E-state index contributed by atoms with van der Waals surface area (Å²) in [5, 5.41) is 9.69. The van der Waals surface area contributed by atoms with Crippen molar-refractivity contribution in [2.45, 2.75) is 43.6 Å². The average molecular weight is 278 g/mol. The van der Waals surface area contributed by atoms with Gasteiger partial charge in [0.1, 0.15) is 18.7 Å². The molecule has 20 heavy (non-hydrogen) atoms. The molecule has 3 rings (SSSR count). The van der Waals surface area contributed by atoms with Gasteiger partial charge in [-0.2, -0.15) is 0 Å². The van der Waals surface area contributed by atoms with Crippen LogP contribution in [0.4, 0.5) is 0 Å². The van der Waals surface area contributed by atoms with Crippen molar-refractivity contribution in [1.29, 1.82) is 0 Å². The Labute approximate surface area is 117 Å². The fraction of sp³-hybridized carbons (Fsp3) is 0.714. The SMILES string of the molecule is C#CCOC1CCN2C(=O)C3CC(O)CN3C(=O)C2C1. The first-order valence-electron chi connectivity index (χ1n) is 6.96. The number of carbonyl (C=O) groups is 2. The highest BCUT2D eigenvalue weighted by atomic mass is 16.5. The molecule has 2 amide bonds. The van der Waals surface area contributed by atoms with Gasteiger partial charge in [0.25, 0.3) is 0 Å². The van der Waals surface area contributed by atoms with E-state index >= 15 is 0 Å². The zero-order valence-electron chi connectivity index (χ0n) is 11.2. The summed E-state index contributed by atoms with van der Waals surface area (Å²) in [5.74, 6) is 2.31. The van der Waals surface area contributed by atoms with Crippen LogP contribution in [0, 0.1) is 12.3 Å². The van der Waals surface area contributed by atoms with E-state index < -0.39 is 18.2 Å². The number of ether oxygens (including phenoxy) is 1. The molecule has 3 saturated heterocycles. The van der Waals surface area contributed by atoms with Crippen molar-refractivity contribution in [3.8, 4) is 12.3 Å². The number of amides is 2. The molecule has 6 nitrogen and oxygen atoms in total. The number of piperazine rings is 1. The Morgan fingerprint density at radius 1 is 1.25 bits per heavy atom. The monoisotopic (exact) mass is 278 g/mol. The second-order valence-corrected chi connectivity index (χ2v) is 5.60. The van der Waals surface area contributed by atoms with Crippen molar-refractivity contribution >= 4 is 11.8 Å². The van der Waals surface area contributed by atoms with Crippen molar-refractivity contribution in [3.63, 3.8) is 0 Å². The Morgan fingerprint density at radius 3 is 2.70 bits per heavy atom. The maximum absolute atomic E-state index is 12.5. The smallest absolute Gasteiger partial charge is 0.246 e. The van der Waals surface area contributed by atoms with Gasteiger partial charge in [0.15, 0.2) is 0 Å². The van der Waals surface area contributed by atoms with Gasteiger partial charge in [-0.3, -0.25) is 9.59 Å². The van der Waals surface area contributed by atoms with E-state index in [-0.39, 0.29) is 31.1 Å². The van der Waals surface area contributed by atoms with E-state index in [0.717, 1.165) is 0 Å². The molecule has 0 spiro atoms. The quantitative estimate of drug-likeness (QED) is 0.656. The van der Waals surface area contributed by atoms with Gasteiger partial charge in [-0.1, -0.05) is 5.92 Å². The lowest BCUT2D eigenvalue weighted by atomic mass is 9.94. The third-order valence-corrected chi connectivity index (χ3v) is 4.37. The van der Waals surface area contributed by atoms with E-state index in [9.17, 15) is 14.7 Å². The number of piperidine rings is 1. The highest BCUT2D eigenvalue weighted by Crippen LogP contribution is 2.32. The molecule has 108 valence electrons. The molecular weight excluding hydrogens is 260 g/mol. The number of rotatable bonds is 2. The topological polar surface area (TPSA) is 70.1 Å². The molecule has 3 aliphatic heterocycles. The molecule has 1 N–H and O–H groups in total. The second kappa shape index (κ2) is 5.08. The van der Waals surface area contributed by atoms with Gasteiger partial charge in [-0.15, -0.1) is 6.42 Å². The van der Waals surface area contributed by atoms with E-state index in [1.54, 1.807) is 4.90 Å². The van der Waals surface area contributed by atoms with E-state index in [0.29, 0.717) is 25.8 Å². The van der Waals surface area contributed by atoms with Gasteiger partial charge in [-0.05, 0) is 6.42 Å². The number of hydrogen-bond donors (Lipinski definition) is 1. The zero-order chi connectivity index (χ0) is 14.3. The fourth-order valence-corrected chi connectivity index (χ4v) is 3.42. The van der Waals surface area contributed by atoms with E-state index in [1.165, 1.54) is 4.90 Å². The second-order valence-electron chi connectivity index (χ2n) is 5.60. The van der Waals surface area contributed by atoms with Crippen LogP contribution in [-0.2, 0) is 14.3 Å². The minimum absolute atomic E-state index is 0.0402. The Morgan fingerprint density at radius 2 is 1.95 bits per heavy atom. The van der Waals surface area contributed by atoms with Crippen molar-refractivity contribution in [2.24, 2.45) is 0 Å². The van der Waals surface area contributed by atoms with Crippen LogP contribution in [0.5, 0.6) is 0 Å². The van der Waals surface area contributed by atoms with Crippen LogP contribution >= 0.6 is 0 Å². The van der Waals surface area contributed by atoms with Gasteiger partial charge in [-0.25, -0.2) is 0 Å². The maximum atomic E-state index is 12.5. The Hall–Kier alpha value is -1.58. The predicted octanol–water partition coefficient (Wildman–Crippen LogP) is -1.03. The third-order valence-electron chi connectivity index (χ3n) is 4.37. The molecule has 0 radical (unpaired) electrons. The molecule has 0 aromatic heterocycles. The molecule has 6 heteroatoms. The highest BCUT2D eigenvalue weighted by molar-refractivity contribution is 5.97. The highest BCUT2D eigenvalue weighted by Gasteiger charge is 2.51. The number of nitrogens with zero attached hydrogens (tertiary/aromatic N) is 2. The summed E-state index contributed by atoms with van der Waals surface area (Å²) >= 11 is 0. The van der Waals surface area contributed by atoms with Crippen LogP contribution in [0.25, 0.3) is 0 Å². The first kappa shape index (κ1) is 13.4. The summed E-state index contributed by atoms with van der Waals surface area (Å²) in [6.07, 6.45) is 6.04. The van der Waals surface area contributed by atoms with Crippen LogP contribution in [-0.4, -0.2) is 70.7 Å². The number of carbonyl (C=O) groups excluding carboxylic acids is 2. The lowest BCUT2D eigenvalue weighted by Gasteiger charge is -2.46. The van der Waals surface area contributed by atoms with Gasteiger partial charge in [0.2, 0.25) is 11.8 Å². The van der Waals surface area contributed by atoms with Gasteiger partial charge >= 0.3 is 0 Å². The van der Waals surface area contributed by atoms with Crippen LogP contribution in [0.15, 0.2) is 0 Å². The Balaban J connectivity index is 1.75. The van der Waals surface area contributed by atoms with Gasteiger partial charge in [0.05, 0.1) is 12.2 Å². The van der Waals surface area contributed by atoms with Crippen molar-refractivity contribution in [1.82, 2.24) is 9.80 Å². The fourth-order valence-electron chi connectivity index (χ4n) is 3.42. The van der Waals surface area contributed by atoms with Crippen LogP contribution in [0.1, 0.15) is 19.3 Å². The first-order valence-corrected chi connectivity index (χ1v) is 6.96. The number of aliphatic hydroxyl groups is 1. The van der Waals surface area contributed by atoms with E-state index in [2.05, 4.69) is 5.92 Å². The molecule has 3 heterocycles. The Kier molecular flexibility index (Phi) is 3.40. The minimum Gasteiger partial charge on any atom is -0.391 e. The summed E-state index contributed by atoms with van der Waals surface area (Å²) in [6.45, 7) is 1.00. The standard InChI is InChI=1S/C14H18N2O4/c1-2-5-20-10-3-4-15-12(7-10)14(19)16-8-9(17)6-11(16)13(15)18/h1,9-12,17H,3-8H2. The van der Waals surface area contributed by atoms with Crippen LogP contribution < -0.4 is 0 Å². The van der Waals surface area contributed by atoms with Gasteiger partial charge in [0, 0.05) is 25.9 Å². The van der Waals surface area contributed by atoms with Crippen molar-refractivity contribution in [3.05, 3.63) is 0 Å². The summed E-state index contributed by atoms with van der Waals surface area (Å²) in [6, 6.07) is -0.933. The number of terminal acetylenes is 1. The normalized spacial score (nSPS) is 36.6. The maximum Gasteiger partial charge on any atom is 0.246 e. The van der Waals surface area contributed by atoms with Crippen molar-refractivity contribution in [2.75, 3.05) is 19.7 Å². The molecule has 0 saturated carbocycles. The molecule has 3 fully saturated rings. The van der Waals surface area contributed by atoms with Crippen molar-refractivity contribution < 1.29 is 19.4 Å². The zero-order valence-corrected chi connectivity index (χ0v) is 11.2. The molecular formula is C14H18N2O4. The molecule has 4 atom stereocenters. The molecule has 0 aromatic rings. The molecule has 0 bridgehead atoms. The summed E-state index contributed by atoms with van der Waals surface area (Å²) in [7, 11) is 0. The van der Waals surface area contributed by atoms with Crippen LogP contribution in [0.3, 0.4) is 0 Å². The van der Waals surface area contributed by atoms with Gasteiger partial charge < -0.3 is 19.6 Å². The molecule has 4 unspecified atom stereocenters. The largest absolute Gasteiger partial charge is 0.391 e. The number of hydrogen-bond acceptors (Lipinski definition) is 4. The number of fused-ring (bicyclic) bond motifs is 2. The summed E-state index contributed by atoms with van der Waals surface area (Å²) in [5.41, 5.74) is 0. The molecule has 0 aromatic carbocycles. The Bertz CT molecular complexity index is 472. The lowest BCUT2D eigenvalue weighted by Crippen LogP contribution is -2.65. The third kappa shape index (κ3) is 2.07. The minimum atomic E-state index is -0.595. The lowest BCUT2D eigenvalue weighted by molar-refractivity contribution is -0.164.